The first-order chi connectivity index (χ1) is 7.66. The molecule has 1 aromatic rings. The van der Waals surface area contributed by atoms with Crippen LogP contribution in [0, 0.1) is 0 Å². The molecule has 0 aliphatic carbocycles. The molecule has 1 aliphatic heterocycles. The van der Waals surface area contributed by atoms with E-state index in [0.717, 1.165) is 28.6 Å². The van der Waals surface area contributed by atoms with E-state index in [9.17, 15) is 4.79 Å². The van der Waals surface area contributed by atoms with E-state index in [1.807, 2.05) is 19.1 Å². The molecule has 0 radical (unpaired) electrons. The van der Waals surface area contributed by atoms with Gasteiger partial charge in [0, 0.05) is 4.88 Å². The van der Waals surface area contributed by atoms with Gasteiger partial charge in [0.25, 0.3) is 0 Å². The Labute approximate surface area is 116 Å². The van der Waals surface area contributed by atoms with E-state index < -0.39 is 0 Å². The van der Waals surface area contributed by atoms with Gasteiger partial charge in [-0.3, -0.25) is 4.79 Å². The Morgan fingerprint density at radius 1 is 1.65 bits per heavy atom. The van der Waals surface area contributed by atoms with E-state index in [-0.39, 0.29) is 30.4 Å². The van der Waals surface area contributed by atoms with Crippen LogP contribution in [0.5, 0.6) is 0 Å². The smallest absolute Gasteiger partial charge is 0.237 e. The van der Waals surface area contributed by atoms with E-state index in [2.05, 4.69) is 10.6 Å². The lowest BCUT2D eigenvalue weighted by molar-refractivity contribution is -0.123. The summed E-state index contributed by atoms with van der Waals surface area (Å²) in [5.74, 6) is 0.0922. The van der Waals surface area contributed by atoms with Crippen LogP contribution in [0.1, 0.15) is 30.7 Å². The molecule has 96 valence electrons. The predicted molar refractivity (Wildman–Crippen MR) is 74.2 cm³/mol. The third-order valence-corrected chi connectivity index (χ3v) is 4.17. The third kappa shape index (κ3) is 3.85. The molecule has 6 heteroatoms. The van der Waals surface area contributed by atoms with Crippen molar-refractivity contribution < 1.29 is 4.79 Å². The minimum absolute atomic E-state index is 0. The van der Waals surface area contributed by atoms with Crippen LogP contribution in [0.2, 0.25) is 4.34 Å². The van der Waals surface area contributed by atoms with Crippen molar-refractivity contribution in [3.8, 4) is 0 Å². The maximum atomic E-state index is 11.8. The number of amides is 1. The molecule has 2 N–H and O–H groups in total. The number of hydrogen-bond acceptors (Lipinski definition) is 3. The van der Waals surface area contributed by atoms with Gasteiger partial charge in [-0.2, -0.15) is 0 Å². The minimum atomic E-state index is -0.0158. The summed E-state index contributed by atoms with van der Waals surface area (Å²) in [6.45, 7) is 2.92. The summed E-state index contributed by atoms with van der Waals surface area (Å²) in [5, 5.41) is 6.19. The SMILES string of the molecule is CC(NC(=O)C1CCCN1)c1ccc(Cl)s1.Cl. The Bertz CT molecular complexity index is 377. The van der Waals surface area contributed by atoms with Gasteiger partial charge in [0.1, 0.15) is 0 Å². The molecule has 0 bridgehead atoms. The summed E-state index contributed by atoms with van der Waals surface area (Å²) >= 11 is 7.37. The van der Waals surface area contributed by atoms with Crippen molar-refractivity contribution in [3.63, 3.8) is 0 Å². The highest BCUT2D eigenvalue weighted by Crippen LogP contribution is 2.26. The monoisotopic (exact) mass is 294 g/mol. The molecule has 2 atom stereocenters. The van der Waals surface area contributed by atoms with Gasteiger partial charge in [0.15, 0.2) is 0 Å². The number of hydrogen-bond donors (Lipinski definition) is 2. The fraction of sp³-hybridized carbons (Fsp3) is 0.545. The highest BCUT2D eigenvalue weighted by atomic mass is 35.5. The first-order valence-corrected chi connectivity index (χ1v) is 6.65. The van der Waals surface area contributed by atoms with Gasteiger partial charge in [-0.05, 0) is 38.4 Å². The van der Waals surface area contributed by atoms with E-state index in [1.54, 1.807) is 0 Å². The number of carbonyl (C=O) groups is 1. The van der Waals surface area contributed by atoms with Crippen LogP contribution in [-0.4, -0.2) is 18.5 Å². The predicted octanol–water partition coefficient (Wildman–Crippen LogP) is 2.75. The molecular formula is C11H16Cl2N2OS. The normalized spacial score (nSPS) is 20.7. The average molecular weight is 295 g/mol. The van der Waals surface area contributed by atoms with E-state index >= 15 is 0 Å². The molecule has 1 aliphatic rings. The highest BCUT2D eigenvalue weighted by Gasteiger charge is 2.23. The largest absolute Gasteiger partial charge is 0.347 e. The van der Waals surface area contributed by atoms with Crippen LogP contribution in [0.3, 0.4) is 0 Å². The van der Waals surface area contributed by atoms with E-state index in [0.29, 0.717) is 0 Å². The summed E-state index contributed by atoms with van der Waals surface area (Å²) in [4.78, 5) is 12.9. The van der Waals surface area contributed by atoms with Crippen molar-refractivity contribution in [1.82, 2.24) is 10.6 Å². The summed E-state index contributed by atoms with van der Waals surface area (Å²) in [7, 11) is 0. The van der Waals surface area contributed by atoms with Gasteiger partial charge in [-0.25, -0.2) is 0 Å². The van der Waals surface area contributed by atoms with Gasteiger partial charge < -0.3 is 10.6 Å². The van der Waals surface area contributed by atoms with Gasteiger partial charge in [0.2, 0.25) is 5.91 Å². The fourth-order valence-corrected chi connectivity index (χ4v) is 2.92. The Kier molecular flexibility index (Phi) is 5.73. The van der Waals surface area contributed by atoms with Crippen molar-refractivity contribution >= 4 is 41.3 Å². The zero-order valence-electron chi connectivity index (χ0n) is 9.53. The second-order valence-corrected chi connectivity index (χ2v) is 5.77. The van der Waals surface area contributed by atoms with Crippen molar-refractivity contribution in [2.45, 2.75) is 31.8 Å². The maximum absolute atomic E-state index is 11.8. The number of rotatable bonds is 3. The zero-order chi connectivity index (χ0) is 11.5. The summed E-state index contributed by atoms with van der Waals surface area (Å²) in [6, 6.07) is 3.84. The molecule has 3 nitrogen and oxygen atoms in total. The van der Waals surface area contributed by atoms with Gasteiger partial charge in [-0.15, -0.1) is 23.7 Å². The lowest BCUT2D eigenvalue weighted by Crippen LogP contribution is -2.41. The van der Waals surface area contributed by atoms with Crippen LogP contribution in [-0.2, 0) is 4.79 Å². The molecule has 1 saturated heterocycles. The molecule has 17 heavy (non-hydrogen) atoms. The minimum Gasteiger partial charge on any atom is -0.347 e. The Morgan fingerprint density at radius 2 is 2.41 bits per heavy atom. The van der Waals surface area contributed by atoms with Crippen LogP contribution in [0.15, 0.2) is 12.1 Å². The standard InChI is InChI=1S/C11H15ClN2OS.ClH/c1-7(9-4-5-10(12)16-9)14-11(15)8-3-2-6-13-8;/h4-5,7-8,13H,2-3,6H2,1H3,(H,14,15);1H. The van der Waals surface area contributed by atoms with Crippen LogP contribution in [0.25, 0.3) is 0 Å². The molecule has 2 heterocycles. The third-order valence-electron chi connectivity index (χ3n) is 2.76. The van der Waals surface area contributed by atoms with Crippen LogP contribution >= 0.6 is 35.3 Å². The van der Waals surface area contributed by atoms with Crippen LogP contribution < -0.4 is 10.6 Å². The molecule has 0 saturated carbocycles. The van der Waals surface area contributed by atoms with Crippen molar-refractivity contribution in [1.29, 1.82) is 0 Å². The topological polar surface area (TPSA) is 41.1 Å². The highest BCUT2D eigenvalue weighted by molar-refractivity contribution is 7.16. The molecule has 2 rings (SSSR count). The quantitative estimate of drug-likeness (QED) is 0.900. The zero-order valence-corrected chi connectivity index (χ0v) is 11.9. The maximum Gasteiger partial charge on any atom is 0.237 e. The molecule has 0 aromatic carbocycles. The molecule has 2 unspecified atom stereocenters. The van der Waals surface area contributed by atoms with Gasteiger partial charge >= 0.3 is 0 Å². The molecule has 1 fully saturated rings. The first kappa shape index (κ1) is 14.8. The van der Waals surface area contributed by atoms with Crippen molar-refractivity contribution in [2.24, 2.45) is 0 Å². The Balaban J connectivity index is 0.00000144. The first-order valence-electron chi connectivity index (χ1n) is 5.46. The summed E-state index contributed by atoms with van der Waals surface area (Å²) in [6.07, 6.45) is 2.01. The van der Waals surface area contributed by atoms with Crippen molar-refractivity contribution in [2.75, 3.05) is 6.54 Å². The lowest BCUT2D eigenvalue weighted by atomic mass is 10.2. The Morgan fingerprint density at radius 3 is 2.94 bits per heavy atom. The summed E-state index contributed by atoms with van der Waals surface area (Å²) < 4.78 is 0.759. The number of carbonyl (C=O) groups excluding carboxylic acids is 1. The lowest BCUT2D eigenvalue weighted by Gasteiger charge is -2.15. The van der Waals surface area contributed by atoms with Crippen molar-refractivity contribution in [3.05, 3.63) is 21.3 Å². The molecule has 1 amide bonds. The Hall–Kier alpha value is -0.290. The second-order valence-electron chi connectivity index (χ2n) is 4.02. The van der Waals surface area contributed by atoms with Gasteiger partial charge in [-0.1, -0.05) is 11.6 Å². The van der Waals surface area contributed by atoms with Gasteiger partial charge in [0.05, 0.1) is 16.4 Å². The second kappa shape index (κ2) is 6.59. The number of thiophene rings is 1. The van der Waals surface area contributed by atoms with Crippen LogP contribution in [0.4, 0.5) is 0 Å². The number of halogens is 2. The average Bonchev–Trinajstić information content (AvgIpc) is 2.87. The molecule has 1 aromatic heterocycles. The van der Waals surface area contributed by atoms with E-state index in [4.69, 9.17) is 11.6 Å². The van der Waals surface area contributed by atoms with E-state index in [1.165, 1.54) is 11.3 Å². The molecular weight excluding hydrogens is 279 g/mol. The number of nitrogens with one attached hydrogen (secondary N) is 2. The fourth-order valence-electron chi connectivity index (χ4n) is 1.85. The summed E-state index contributed by atoms with van der Waals surface area (Å²) in [5.41, 5.74) is 0. The molecule has 0 spiro atoms.